The Kier molecular flexibility index (Phi) is 4.44. The van der Waals surface area contributed by atoms with Crippen LogP contribution < -0.4 is 20.7 Å². The summed E-state index contributed by atoms with van der Waals surface area (Å²) in [5, 5.41) is 0. The molecule has 0 aliphatic carbocycles. The van der Waals surface area contributed by atoms with Crippen molar-refractivity contribution in [2.24, 2.45) is 5.84 Å². The number of ether oxygens (including phenoxy) is 2. The molecule has 0 spiro atoms. The average Bonchev–Trinajstić information content (AvgIpc) is 2.50. The minimum absolute atomic E-state index is 0.355. The lowest BCUT2D eigenvalue weighted by Gasteiger charge is -2.17. The van der Waals surface area contributed by atoms with Crippen LogP contribution in [-0.2, 0) is 0 Å². The summed E-state index contributed by atoms with van der Waals surface area (Å²) < 4.78 is 10.3. The van der Waals surface area contributed by atoms with Crippen molar-refractivity contribution in [1.82, 2.24) is 20.4 Å². The molecule has 1 unspecified atom stereocenters. The van der Waals surface area contributed by atoms with E-state index in [-0.39, 0.29) is 6.04 Å². The van der Waals surface area contributed by atoms with Crippen LogP contribution >= 0.6 is 0 Å². The Morgan fingerprint density at radius 1 is 1.15 bits per heavy atom. The van der Waals surface area contributed by atoms with Gasteiger partial charge in [-0.1, -0.05) is 6.07 Å². The van der Waals surface area contributed by atoms with Crippen molar-refractivity contribution in [2.75, 3.05) is 14.2 Å². The van der Waals surface area contributed by atoms with Crippen LogP contribution in [0.1, 0.15) is 23.0 Å². The van der Waals surface area contributed by atoms with Gasteiger partial charge in [-0.05, 0) is 18.6 Å². The van der Waals surface area contributed by atoms with Crippen LogP contribution in [0, 0.1) is 6.92 Å². The predicted molar refractivity (Wildman–Crippen MR) is 73.3 cm³/mol. The fourth-order valence-corrected chi connectivity index (χ4v) is 1.80. The first-order chi connectivity index (χ1) is 9.69. The van der Waals surface area contributed by atoms with Crippen molar-refractivity contribution in [3.63, 3.8) is 0 Å². The van der Waals surface area contributed by atoms with Gasteiger partial charge in [-0.2, -0.15) is 4.98 Å². The molecule has 0 saturated carbocycles. The molecule has 0 fully saturated rings. The Morgan fingerprint density at radius 3 is 2.50 bits per heavy atom. The molecule has 7 heteroatoms. The number of nitrogens with two attached hydrogens (primary N) is 1. The molecule has 2 rings (SSSR count). The lowest BCUT2D eigenvalue weighted by molar-refractivity contribution is 0.352. The summed E-state index contributed by atoms with van der Waals surface area (Å²) >= 11 is 0. The van der Waals surface area contributed by atoms with Crippen molar-refractivity contribution in [3.8, 4) is 11.8 Å². The third-order valence-corrected chi connectivity index (χ3v) is 2.86. The second-order valence-electron chi connectivity index (χ2n) is 4.14. The quantitative estimate of drug-likeness (QED) is 0.614. The number of hydrogen-bond acceptors (Lipinski definition) is 7. The standard InChI is InChI=1S/C13H17N5O2/c1-8-4-5-9(6-15-8)11(18-14)12-13(20-3)17-10(19-2)7-16-12/h4-7,11,18H,14H2,1-3H3. The smallest absolute Gasteiger partial charge is 0.240 e. The van der Waals surface area contributed by atoms with Crippen LogP contribution in [0.5, 0.6) is 11.8 Å². The van der Waals surface area contributed by atoms with E-state index in [0.29, 0.717) is 17.5 Å². The van der Waals surface area contributed by atoms with Crippen molar-refractivity contribution < 1.29 is 9.47 Å². The van der Waals surface area contributed by atoms with E-state index in [1.54, 1.807) is 6.20 Å². The SMILES string of the molecule is COc1cnc(C(NN)c2ccc(C)nc2)c(OC)n1. The number of hydrogen-bond donors (Lipinski definition) is 2. The average molecular weight is 275 g/mol. The van der Waals surface area contributed by atoms with Gasteiger partial charge in [0, 0.05) is 11.9 Å². The molecule has 0 aliphatic rings. The van der Waals surface area contributed by atoms with E-state index in [9.17, 15) is 0 Å². The topological polar surface area (TPSA) is 95.2 Å². The van der Waals surface area contributed by atoms with Crippen molar-refractivity contribution in [1.29, 1.82) is 0 Å². The van der Waals surface area contributed by atoms with Crippen molar-refractivity contribution in [3.05, 3.63) is 41.5 Å². The maximum atomic E-state index is 5.64. The van der Waals surface area contributed by atoms with E-state index in [2.05, 4.69) is 20.4 Å². The van der Waals surface area contributed by atoms with Gasteiger partial charge in [0.2, 0.25) is 11.8 Å². The summed E-state index contributed by atoms with van der Waals surface area (Å²) in [6.07, 6.45) is 3.26. The highest BCUT2D eigenvalue weighted by molar-refractivity contribution is 5.33. The molecule has 0 aromatic carbocycles. The van der Waals surface area contributed by atoms with Gasteiger partial charge in [0.1, 0.15) is 5.69 Å². The van der Waals surface area contributed by atoms with Crippen LogP contribution in [0.15, 0.2) is 24.5 Å². The van der Waals surface area contributed by atoms with Gasteiger partial charge in [-0.25, -0.2) is 10.4 Å². The minimum atomic E-state index is -0.364. The van der Waals surface area contributed by atoms with Crippen LogP contribution in [0.2, 0.25) is 0 Å². The molecule has 3 N–H and O–H groups in total. The molecule has 106 valence electrons. The molecular formula is C13H17N5O2. The zero-order valence-corrected chi connectivity index (χ0v) is 11.6. The summed E-state index contributed by atoms with van der Waals surface area (Å²) in [4.78, 5) is 12.8. The summed E-state index contributed by atoms with van der Waals surface area (Å²) in [6.45, 7) is 1.92. The van der Waals surface area contributed by atoms with Crippen LogP contribution in [0.4, 0.5) is 0 Å². The highest BCUT2D eigenvalue weighted by atomic mass is 16.5. The van der Waals surface area contributed by atoms with Gasteiger partial charge in [-0.15, -0.1) is 0 Å². The molecule has 7 nitrogen and oxygen atoms in total. The van der Waals surface area contributed by atoms with Gasteiger partial charge in [0.25, 0.3) is 0 Å². The van der Waals surface area contributed by atoms with E-state index in [4.69, 9.17) is 15.3 Å². The molecular weight excluding hydrogens is 258 g/mol. The molecule has 1 atom stereocenters. The largest absolute Gasteiger partial charge is 0.480 e. The van der Waals surface area contributed by atoms with Crippen molar-refractivity contribution >= 4 is 0 Å². The first-order valence-electron chi connectivity index (χ1n) is 6.03. The number of nitrogens with one attached hydrogen (secondary N) is 1. The number of aromatic nitrogens is 3. The number of methoxy groups -OCH3 is 2. The highest BCUT2D eigenvalue weighted by Gasteiger charge is 2.20. The molecule has 0 aliphatic heterocycles. The third kappa shape index (κ3) is 2.84. The molecule has 2 aromatic heterocycles. The van der Waals surface area contributed by atoms with E-state index in [0.717, 1.165) is 11.3 Å². The fraction of sp³-hybridized carbons (Fsp3) is 0.308. The second-order valence-corrected chi connectivity index (χ2v) is 4.14. The molecule has 0 saturated heterocycles. The zero-order chi connectivity index (χ0) is 14.5. The molecule has 2 heterocycles. The third-order valence-electron chi connectivity index (χ3n) is 2.86. The number of rotatable bonds is 5. The molecule has 20 heavy (non-hydrogen) atoms. The zero-order valence-electron chi connectivity index (χ0n) is 11.6. The first kappa shape index (κ1) is 14.2. The Hall–Kier alpha value is -2.25. The monoisotopic (exact) mass is 275 g/mol. The molecule has 0 bridgehead atoms. The summed E-state index contributed by atoms with van der Waals surface area (Å²) in [5.41, 5.74) is 5.07. The Bertz CT molecular complexity index is 573. The number of pyridine rings is 1. The second kappa shape index (κ2) is 6.27. The normalized spacial score (nSPS) is 12.0. The maximum Gasteiger partial charge on any atom is 0.240 e. The van der Waals surface area contributed by atoms with Crippen LogP contribution in [0.3, 0.4) is 0 Å². The van der Waals surface area contributed by atoms with E-state index < -0.39 is 0 Å². The minimum Gasteiger partial charge on any atom is -0.480 e. The summed E-state index contributed by atoms with van der Waals surface area (Å²) in [6, 6.07) is 3.47. The number of hydrazine groups is 1. The Balaban J connectivity index is 2.43. The maximum absolute atomic E-state index is 5.64. The molecule has 2 aromatic rings. The van der Waals surface area contributed by atoms with Gasteiger partial charge in [-0.3, -0.25) is 10.8 Å². The molecule has 0 amide bonds. The lowest BCUT2D eigenvalue weighted by Crippen LogP contribution is -2.30. The summed E-state index contributed by atoms with van der Waals surface area (Å²) in [5.74, 6) is 6.37. The number of nitrogens with zero attached hydrogens (tertiary/aromatic N) is 3. The van der Waals surface area contributed by atoms with E-state index in [1.807, 2.05) is 19.1 Å². The lowest BCUT2D eigenvalue weighted by atomic mass is 10.1. The van der Waals surface area contributed by atoms with Gasteiger partial charge in [0.15, 0.2) is 0 Å². The highest BCUT2D eigenvalue weighted by Crippen LogP contribution is 2.27. The van der Waals surface area contributed by atoms with Gasteiger partial charge >= 0.3 is 0 Å². The van der Waals surface area contributed by atoms with E-state index >= 15 is 0 Å². The fourth-order valence-electron chi connectivity index (χ4n) is 1.80. The van der Waals surface area contributed by atoms with Crippen molar-refractivity contribution in [2.45, 2.75) is 13.0 Å². The van der Waals surface area contributed by atoms with Crippen LogP contribution in [0.25, 0.3) is 0 Å². The Morgan fingerprint density at radius 2 is 1.95 bits per heavy atom. The van der Waals surface area contributed by atoms with Crippen LogP contribution in [-0.4, -0.2) is 29.2 Å². The van der Waals surface area contributed by atoms with Gasteiger partial charge in [0.05, 0.1) is 26.5 Å². The number of aryl methyl sites for hydroxylation is 1. The molecule has 0 radical (unpaired) electrons. The van der Waals surface area contributed by atoms with Gasteiger partial charge < -0.3 is 9.47 Å². The predicted octanol–water partition coefficient (Wildman–Crippen LogP) is 0.750. The summed E-state index contributed by atoms with van der Waals surface area (Å²) in [7, 11) is 3.04. The van der Waals surface area contributed by atoms with E-state index in [1.165, 1.54) is 20.4 Å². The first-order valence-corrected chi connectivity index (χ1v) is 6.03. The Labute approximate surface area is 117 Å².